The van der Waals surface area contributed by atoms with E-state index in [1.165, 1.54) is 51.7 Å². The number of hydrogen-bond donors (Lipinski definition) is 6. The number of fused-ring (bicyclic) bond motifs is 2. The molecule has 7 aromatic rings. The van der Waals surface area contributed by atoms with Gasteiger partial charge < -0.3 is 69.6 Å². The molecule has 27 nitrogen and oxygen atoms in total. The van der Waals surface area contributed by atoms with Gasteiger partial charge in [-0.15, -0.1) is 22.7 Å². The Labute approximate surface area is 610 Å². The lowest BCUT2D eigenvalue weighted by Crippen LogP contribution is -2.57. The highest BCUT2D eigenvalue weighted by atomic mass is 79.9. The number of aliphatic carboxylic acids is 1. The smallest absolute Gasteiger partial charge is 0.408 e. The van der Waals surface area contributed by atoms with Crippen LogP contribution in [0, 0.1) is 10.8 Å². The number of aromatic nitrogens is 4. The molecule has 9 rings (SSSR count). The largest absolute Gasteiger partial charge is 0.497 e. The van der Waals surface area contributed by atoms with Gasteiger partial charge in [0.05, 0.1) is 67.0 Å². The fraction of sp³-hybridized carbons (Fsp3) is 0.493. The van der Waals surface area contributed by atoms with E-state index in [-0.39, 0.29) is 42.3 Å². The van der Waals surface area contributed by atoms with Crippen LogP contribution in [0.1, 0.15) is 124 Å². The van der Waals surface area contributed by atoms with E-state index in [2.05, 4.69) is 66.0 Å². The summed E-state index contributed by atoms with van der Waals surface area (Å²) in [5.74, 6) is -1.16. The Hall–Kier alpha value is -8.65. The number of ether oxygens (including phenoxy) is 6. The third-order valence-corrected chi connectivity index (χ3v) is 18.9. The van der Waals surface area contributed by atoms with Crippen molar-refractivity contribution in [1.82, 2.24) is 40.4 Å². The lowest BCUT2D eigenvalue weighted by molar-refractivity contribution is -0.152. The van der Waals surface area contributed by atoms with Gasteiger partial charge in [-0.25, -0.2) is 34.1 Å². The number of rotatable bonds is 19. The van der Waals surface area contributed by atoms with E-state index in [9.17, 15) is 47.1 Å². The number of carbonyl (C=O) groups excluding carboxylic acids is 5. The standard InChI is InChI=1S/C32H43N5O7S.C23H33BrN2O8S.C16H17N3O2S/c1-17(2)33-29-35-23(16-45-29)22-14-25(20-11-10-18(42-9)12-21(20)34-22)43-19-13-24(28(39)40)37(15-19)27(38)26(31(3,4)5)36-30(41)44-32(6,7)8;1-22(2,3)18(25-21(29)33-23(4,5)6)19(27)26-13-15(12-17(26)20(28)32-7)34-35(30,31)16-10-8-14(24)9-11-16;1-9(2)17-16-19-14(8-22-16)13-7-15(20)11-5-4-10(21-3)6-12(11)18-13/h10-12,14,16-17,19,24,26H,13,15H2,1-9H3,(H,33,35)(H,36,41)(H,39,40);8-11,15,17-18H,12-13H2,1-7H3,(H,25,29);4-9H,1-3H3,(H,17,19)(H,18,20)/t19-,24+,26-;15-,17-,18+;/m10./s1. The predicted molar refractivity (Wildman–Crippen MR) is 395 cm³/mol. The number of halogens is 1. The first kappa shape index (κ1) is 80.7. The molecule has 2 aliphatic heterocycles. The summed E-state index contributed by atoms with van der Waals surface area (Å²) in [6, 6.07) is 16.3. The van der Waals surface area contributed by atoms with Gasteiger partial charge in [0, 0.05) is 81.7 Å². The maximum atomic E-state index is 13.9. The molecule has 102 heavy (non-hydrogen) atoms. The Morgan fingerprint density at radius 1 is 0.627 bits per heavy atom. The lowest BCUT2D eigenvalue weighted by Gasteiger charge is -2.35. The van der Waals surface area contributed by atoms with Gasteiger partial charge in [-0.2, -0.15) is 8.42 Å². The van der Waals surface area contributed by atoms with Gasteiger partial charge in [-0.3, -0.25) is 18.6 Å². The second-order valence-electron chi connectivity index (χ2n) is 29.1. The molecule has 3 aromatic carbocycles. The number of nitrogens with zero attached hydrogens (tertiary/aromatic N) is 5. The molecule has 4 amide bonds. The second kappa shape index (κ2) is 33.2. The van der Waals surface area contributed by atoms with Gasteiger partial charge in [-0.05, 0) is 129 Å². The summed E-state index contributed by atoms with van der Waals surface area (Å²) in [5.41, 5.74) is 0.993. The van der Waals surface area contributed by atoms with Gasteiger partial charge in [-0.1, -0.05) is 57.5 Å². The number of benzene rings is 3. The van der Waals surface area contributed by atoms with Crippen molar-refractivity contribution in [3.05, 3.63) is 98.3 Å². The van der Waals surface area contributed by atoms with E-state index in [4.69, 9.17) is 37.6 Å². The Balaban J connectivity index is 0.000000227. The van der Waals surface area contributed by atoms with Crippen LogP contribution in [0.3, 0.4) is 0 Å². The minimum atomic E-state index is -4.15. The number of carboxylic acids is 1. The van der Waals surface area contributed by atoms with Gasteiger partial charge in [0.15, 0.2) is 15.7 Å². The van der Waals surface area contributed by atoms with Gasteiger partial charge in [0.1, 0.15) is 64.4 Å². The fourth-order valence-electron chi connectivity index (χ4n) is 10.8. The van der Waals surface area contributed by atoms with E-state index in [1.807, 2.05) is 36.7 Å². The molecule has 4 aromatic heterocycles. The summed E-state index contributed by atoms with van der Waals surface area (Å²) in [7, 11) is 0.204. The molecule has 31 heteroatoms. The molecule has 0 unspecified atom stereocenters. The molecule has 0 saturated carbocycles. The minimum absolute atomic E-state index is 0.00679. The van der Waals surface area contributed by atoms with Gasteiger partial charge in [0.2, 0.25) is 11.8 Å². The average Bonchev–Trinajstić information content (AvgIpc) is 1.46. The number of carbonyl (C=O) groups is 6. The SMILES string of the molecule is COC(=O)[C@@H]1C[C@H](OS(=O)(=O)c2ccc(Br)cc2)CN1C(=O)[C@@H](NC(=O)OC(C)(C)C)C(C)(C)C.COc1ccc2c(=O)cc(-c3csc(NC(C)C)n3)[nH]c2c1.COc1ccc2c(O[C@@H]3C[C@@H](C(=O)O)N(C(=O)[C@@H](NC(=O)OC(C)(C)C)C(C)(C)C)C3)cc(-c3csc(NC(C)C)n3)nc2c1. The molecule has 554 valence electrons. The van der Waals surface area contributed by atoms with Crippen LogP contribution in [0.2, 0.25) is 0 Å². The molecule has 2 aliphatic rings. The molecular weight excluding hydrogens is 1440 g/mol. The van der Waals surface area contributed by atoms with Crippen molar-refractivity contribution < 1.29 is 74.9 Å². The number of pyridine rings is 2. The monoisotopic (exact) mass is 1530 g/mol. The van der Waals surface area contributed by atoms with E-state index in [1.54, 1.807) is 146 Å². The highest BCUT2D eigenvalue weighted by Gasteiger charge is 2.49. The van der Waals surface area contributed by atoms with Crippen LogP contribution in [-0.2, 0) is 47.7 Å². The van der Waals surface area contributed by atoms with Gasteiger partial charge >= 0.3 is 24.1 Å². The van der Waals surface area contributed by atoms with Crippen LogP contribution in [0.4, 0.5) is 19.9 Å². The zero-order valence-electron chi connectivity index (χ0n) is 60.8. The number of esters is 1. The minimum Gasteiger partial charge on any atom is -0.497 e. The molecule has 2 fully saturated rings. The van der Waals surface area contributed by atoms with E-state index < -0.39 is 104 Å². The molecule has 2 saturated heterocycles. The normalized spacial score (nSPS) is 17.0. The number of methoxy groups -OCH3 is 3. The molecule has 0 spiro atoms. The van der Waals surface area contributed by atoms with Crippen LogP contribution < -0.4 is 40.9 Å². The number of aromatic amines is 1. The van der Waals surface area contributed by atoms with Crippen molar-refractivity contribution in [2.45, 2.75) is 188 Å². The molecule has 6 atom stereocenters. The number of anilines is 2. The zero-order valence-corrected chi connectivity index (χ0v) is 64.9. The quantitative estimate of drug-likeness (QED) is 0.0249. The Morgan fingerprint density at radius 2 is 1.12 bits per heavy atom. The first-order chi connectivity index (χ1) is 47.4. The Morgan fingerprint density at radius 3 is 1.62 bits per heavy atom. The van der Waals surface area contributed by atoms with Crippen molar-refractivity contribution in [1.29, 1.82) is 0 Å². The fourth-order valence-corrected chi connectivity index (χ4v) is 13.8. The highest BCUT2D eigenvalue weighted by Crippen LogP contribution is 2.38. The molecule has 6 N–H and O–H groups in total. The van der Waals surface area contributed by atoms with E-state index in [0.29, 0.717) is 61.1 Å². The van der Waals surface area contributed by atoms with E-state index in [0.717, 1.165) is 21.5 Å². The maximum absolute atomic E-state index is 13.9. The number of likely N-dealkylation sites (tertiary alicyclic amines) is 2. The lowest BCUT2D eigenvalue weighted by atomic mass is 9.85. The number of amides is 4. The summed E-state index contributed by atoms with van der Waals surface area (Å²) in [6.07, 6.45) is -3.21. The topological polar surface area (TPSA) is 348 Å². The van der Waals surface area contributed by atoms with Crippen LogP contribution >= 0.6 is 38.6 Å². The number of alkyl carbamates (subject to hydrolysis) is 2. The number of nitrogens with one attached hydrogen (secondary N) is 5. The third-order valence-electron chi connectivity index (χ3n) is 15.4. The van der Waals surface area contributed by atoms with Crippen molar-refractivity contribution >= 4 is 117 Å². The summed E-state index contributed by atoms with van der Waals surface area (Å²) in [5, 5.41) is 28.7. The Kier molecular flexibility index (Phi) is 26.3. The van der Waals surface area contributed by atoms with Crippen molar-refractivity contribution in [3.63, 3.8) is 0 Å². The summed E-state index contributed by atoms with van der Waals surface area (Å²) in [4.78, 5) is 109. The van der Waals surface area contributed by atoms with Crippen molar-refractivity contribution in [2.75, 3.05) is 45.1 Å². The molecular formula is C71H93BrN10O17S3. The maximum Gasteiger partial charge on any atom is 0.408 e. The Bertz CT molecular complexity index is 4330. The number of hydrogen-bond acceptors (Lipinski definition) is 23. The predicted octanol–water partition coefficient (Wildman–Crippen LogP) is 12.3. The van der Waals surface area contributed by atoms with Gasteiger partial charge in [0.25, 0.3) is 10.1 Å². The van der Waals surface area contributed by atoms with Crippen molar-refractivity contribution in [3.8, 4) is 40.0 Å². The third kappa shape index (κ3) is 21.9. The summed E-state index contributed by atoms with van der Waals surface area (Å²) >= 11 is 6.24. The number of thiazole rings is 2. The van der Waals surface area contributed by atoms with Crippen molar-refractivity contribution in [2.24, 2.45) is 10.8 Å². The van der Waals surface area contributed by atoms with Crippen LogP contribution in [0.5, 0.6) is 17.2 Å². The van der Waals surface area contributed by atoms with Crippen LogP contribution in [-0.4, -0.2) is 173 Å². The second-order valence-corrected chi connectivity index (χ2v) is 33.3. The summed E-state index contributed by atoms with van der Waals surface area (Å²) < 4.78 is 64.3. The zero-order chi connectivity index (χ0) is 75.7. The first-order valence-electron chi connectivity index (χ1n) is 32.9. The average molecular weight is 1530 g/mol. The van der Waals surface area contributed by atoms with Crippen LogP contribution in [0.15, 0.2) is 97.7 Å². The van der Waals surface area contributed by atoms with E-state index >= 15 is 0 Å². The number of carboxylic acid groups (broad SMARTS) is 1. The molecule has 0 aliphatic carbocycles. The molecule has 0 radical (unpaired) electrons. The highest BCUT2D eigenvalue weighted by molar-refractivity contribution is 9.10. The van der Waals surface area contributed by atoms with Crippen LogP contribution in [0.25, 0.3) is 44.6 Å². The number of H-pyrrole nitrogens is 1. The molecule has 6 heterocycles. The first-order valence-corrected chi connectivity index (χ1v) is 36.8. The molecule has 0 bridgehead atoms. The summed E-state index contributed by atoms with van der Waals surface area (Å²) in [6.45, 7) is 28.9.